The molecular weight excluding hydrogens is 400 g/mol. The highest BCUT2D eigenvalue weighted by molar-refractivity contribution is 5.88. The Morgan fingerprint density at radius 2 is 1.55 bits per heavy atom. The van der Waals surface area contributed by atoms with Crippen molar-refractivity contribution in [2.75, 3.05) is 6.61 Å². The molecule has 2 amide bonds. The molecular formula is C23H28N2O6. The SMILES string of the molecule is O=C(C[C@@H](CCCOCc1ccccc1)C(=O)N[C@@H](Cc1ccccc1)C(=O)O)NO. The van der Waals surface area contributed by atoms with Gasteiger partial charge in [-0.15, -0.1) is 0 Å². The van der Waals surface area contributed by atoms with Crippen LogP contribution >= 0.6 is 0 Å². The number of carbonyl (C=O) groups is 3. The quantitative estimate of drug-likeness (QED) is 0.220. The molecule has 0 saturated heterocycles. The second-order valence-electron chi connectivity index (χ2n) is 7.21. The maximum Gasteiger partial charge on any atom is 0.326 e. The average molecular weight is 428 g/mol. The molecule has 2 aromatic carbocycles. The second-order valence-corrected chi connectivity index (χ2v) is 7.21. The van der Waals surface area contributed by atoms with Gasteiger partial charge in [0.1, 0.15) is 6.04 Å². The number of nitrogens with one attached hydrogen (secondary N) is 2. The Balaban J connectivity index is 1.89. The van der Waals surface area contributed by atoms with Crippen molar-refractivity contribution in [1.82, 2.24) is 10.8 Å². The van der Waals surface area contributed by atoms with Gasteiger partial charge in [-0.25, -0.2) is 10.3 Å². The Morgan fingerprint density at radius 3 is 2.13 bits per heavy atom. The van der Waals surface area contributed by atoms with E-state index in [-0.39, 0.29) is 12.8 Å². The number of benzene rings is 2. The van der Waals surface area contributed by atoms with E-state index in [1.54, 1.807) is 24.3 Å². The van der Waals surface area contributed by atoms with Gasteiger partial charge < -0.3 is 15.2 Å². The molecule has 0 aliphatic heterocycles. The Labute approximate surface area is 181 Å². The summed E-state index contributed by atoms with van der Waals surface area (Å²) in [6.45, 7) is 0.818. The minimum atomic E-state index is -1.16. The minimum absolute atomic E-state index is 0.126. The summed E-state index contributed by atoms with van der Waals surface area (Å²) in [6, 6.07) is 17.5. The smallest absolute Gasteiger partial charge is 0.326 e. The van der Waals surface area contributed by atoms with E-state index in [9.17, 15) is 19.5 Å². The number of amides is 2. The topological polar surface area (TPSA) is 125 Å². The standard InChI is InChI=1S/C23H28N2O6/c26-21(25-30)15-19(12-7-13-31-16-18-10-5-2-6-11-18)22(27)24-20(23(28)29)14-17-8-3-1-4-9-17/h1-6,8-11,19-20,30H,7,12-16H2,(H,24,27)(H,25,26)(H,28,29)/t19-,20+/m1/s1. The zero-order valence-corrected chi connectivity index (χ0v) is 17.2. The van der Waals surface area contributed by atoms with Crippen molar-refractivity contribution in [3.8, 4) is 0 Å². The monoisotopic (exact) mass is 428 g/mol. The van der Waals surface area contributed by atoms with Crippen molar-refractivity contribution in [2.24, 2.45) is 5.92 Å². The van der Waals surface area contributed by atoms with Gasteiger partial charge in [0, 0.05) is 25.4 Å². The molecule has 2 atom stereocenters. The third kappa shape index (κ3) is 8.98. The molecule has 31 heavy (non-hydrogen) atoms. The van der Waals surface area contributed by atoms with E-state index in [1.807, 2.05) is 36.4 Å². The number of carboxylic acids is 1. The van der Waals surface area contributed by atoms with Crippen LogP contribution in [0.25, 0.3) is 0 Å². The summed E-state index contributed by atoms with van der Waals surface area (Å²) in [5.74, 6) is -3.20. The summed E-state index contributed by atoms with van der Waals surface area (Å²) in [4.78, 5) is 36.0. The number of rotatable bonds is 13. The first-order valence-corrected chi connectivity index (χ1v) is 10.1. The van der Waals surface area contributed by atoms with Crippen LogP contribution in [0.15, 0.2) is 60.7 Å². The zero-order valence-electron chi connectivity index (χ0n) is 17.2. The van der Waals surface area contributed by atoms with Crippen LogP contribution in [0.1, 0.15) is 30.4 Å². The molecule has 0 radical (unpaired) electrons. The van der Waals surface area contributed by atoms with E-state index in [1.165, 1.54) is 5.48 Å². The van der Waals surface area contributed by atoms with Crippen LogP contribution in [-0.2, 0) is 32.1 Å². The number of carbonyl (C=O) groups excluding carboxylic acids is 2. The maximum atomic E-state index is 12.7. The first-order chi connectivity index (χ1) is 15.0. The number of hydroxylamine groups is 1. The zero-order chi connectivity index (χ0) is 22.5. The third-order valence-corrected chi connectivity index (χ3v) is 4.78. The van der Waals surface area contributed by atoms with Crippen LogP contribution in [0.3, 0.4) is 0 Å². The number of ether oxygens (including phenoxy) is 1. The van der Waals surface area contributed by atoms with Crippen LogP contribution in [0.5, 0.6) is 0 Å². The van der Waals surface area contributed by atoms with E-state index in [0.29, 0.717) is 26.1 Å². The summed E-state index contributed by atoms with van der Waals surface area (Å²) < 4.78 is 5.60. The highest BCUT2D eigenvalue weighted by Gasteiger charge is 2.27. The van der Waals surface area contributed by atoms with Crippen LogP contribution in [0.2, 0.25) is 0 Å². The number of hydrogen-bond acceptors (Lipinski definition) is 5. The predicted molar refractivity (Wildman–Crippen MR) is 113 cm³/mol. The van der Waals surface area contributed by atoms with Crippen LogP contribution in [0, 0.1) is 5.92 Å². The molecule has 0 spiro atoms. The maximum absolute atomic E-state index is 12.7. The normalized spacial score (nSPS) is 12.5. The van der Waals surface area contributed by atoms with Gasteiger partial charge in [-0.3, -0.25) is 14.8 Å². The van der Waals surface area contributed by atoms with Crippen molar-refractivity contribution in [1.29, 1.82) is 0 Å². The molecule has 2 rings (SSSR count). The van der Waals surface area contributed by atoms with E-state index in [4.69, 9.17) is 9.94 Å². The molecule has 8 heteroatoms. The molecule has 166 valence electrons. The third-order valence-electron chi connectivity index (χ3n) is 4.78. The van der Waals surface area contributed by atoms with Crippen molar-refractivity contribution >= 4 is 17.8 Å². The lowest BCUT2D eigenvalue weighted by Gasteiger charge is -2.20. The first-order valence-electron chi connectivity index (χ1n) is 10.1. The van der Waals surface area contributed by atoms with Crippen molar-refractivity contribution in [2.45, 2.75) is 38.3 Å². The van der Waals surface area contributed by atoms with Gasteiger partial charge in [-0.1, -0.05) is 60.7 Å². The molecule has 4 N–H and O–H groups in total. The summed E-state index contributed by atoms with van der Waals surface area (Å²) in [7, 11) is 0. The lowest BCUT2D eigenvalue weighted by atomic mass is 9.97. The Kier molecular flexibility index (Phi) is 10.2. The Morgan fingerprint density at radius 1 is 0.935 bits per heavy atom. The molecule has 0 fully saturated rings. The summed E-state index contributed by atoms with van der Waals surface area (Å²) in [5.41, 5.74) is 3.32. The first kappa shape index (κ1) is 24.0. The van der Waals surface area contributed by atoms with Gasteiger partial charge in [0.15, 0.2) is 0 Å². The molecule has 8 nitrogen and oxygen atoms in total. The summed E-state index contributed by atoms with van der Waals surface area (Å²) >= 11 is 0. The predicted octanol–water partition coefficient (Wildman–Crippen LogP) is 2.31. The van der Waals surface area contributed by atoms with Crippen LogP contribution in [-0.4, -0.2) is 40.7 Å². The molecule has 0 heterocycles. The van der Waals surface area contributed by atoms with Crippen molar-refractivity contribution in [3.63, 3.8) is 0 Å². The van der Waals surface area contributed by atoms with Gasteiger partial charge in [0.25, 0.3) is 0 Å². The molecule has 0 aromatic heterocycles. The molecule has 0 aliphatic rings. The number of hydrogen-bond donors (Lipinski definition) is 4. The highest BCUT2D eigenvalue weighted by Crippen LogP contribution is 2.14. The molecule has 0 unspecified atom stereocenters. The fourth-order valence-corrected chi connectivity index (χ4v) is 3.13. The summed E-state index contributed by atoms with van der Waals surface area (Å²) in [5, 5.41) is 20.8. The average Bonchev–Trinajstić information content (AvgIpc) is 2.78. The molecule has 0 bridgehead atoms. The second kappa shape index (κ2) is 13.1. The van der Waals surface area contributed by atoms with Crippen molar-refractivity contribution < 1.29 is 29.4 Å². The van der Waals surface area contributed by atoms with E-state index in [2.05, 4.69) is 5.32 Å². The van der Waals surface area contributed by atoms with Gasteiger partial charge in [-0.2, -0.15) is 0 Å². The molecule has 0 aliphatic carbocycles. The number of aliphatic carboxylic acids is 1. The highest BCUT2D eigenvalue weighted by atomic mass is 16.5. The van der Waals surface area contributed by atoms with Crippen molar-refractivity contribution in [3.05, 3.63) is 71.8 Å². The van der Waals surface area contributed by atoms with Gasteiger partial charge in [0.05, 0.1) is 6.61 Å². The molecule has 0 saturated carbocycles. The van der Waals surface area contributed by atoms with Crippen LogP contribution in [0.4, 0.5) is 0 Å². The lowest BCUT2D eigenvalue weighted by molar-refractivity contribution is -0.143. The van der Waals surface area contributed by atoms with Crippen LogP contribution < -0.4 is 10.8 Å². The van der Waals surface area contributed by atoms with Gasteiger partial charge >= 0.3 is 5.97 Å². The fourth-order valence-electron chi connectivity index (χ4n) is 3.13. The van der Waals surface area contributed by atoms with E-state index >= 15 is 0 Å². The molecule has 2 aromatic rings. The lowest BCUT2D eigenvalue weighted by Crippen LogP contribution is -2.45. The fraction of sp³-hybridized carbons (Fsp3) is 0.348. The summed E-state index contributed by atoms with van der Waals surface area (Å²) in [6.07, 6.45) is 0.686. The van der Waals surface area contributed by atoms with Gasteiger partial charge in [0.2, 0.25) is 11.8 Å². The Hall–Kier alpha value is -3.23. The minimum Gasteiger partial charge on any atom is -0.480 e. The van der Waals surface area contributed by atoms with Gasteiger partial charge in [-0.05, 0) is 24.0 Å². The Bertz CT molecular complexity index is 828. The largest absolute Gasteiger partial charge is 0.480 e. The number of carboxylic acid groups (broad SMARTS) is 1. The van der Waals surface area contributed by atoms with E-state index in [0.717, 1.165) is 11.1 Å². The van der Waals surface area contributed by atoms with E-state index < -0.39 is 29.7 Å².